The van der Waals surface area contributed by atoms with E-state index in [4.69, 9.17) is 16.3 Å². The minimum Gasteiger partial charge on any atom is -0.467 e. The Morgan fingerprint density at radius 1 is 1.43 bits per heavy atom. The molecule has 2 N–H and O–H groups in total. The van der Waals surface area contributed by atoms with Crippen molar-refractivity contribution in [3.05, 3.63) is 52.6 Å². The SMILES string of the molecule is COC(=O)[C@H](CC(C)C)NC(=O)N1CCc2[nH]cnc2[C@@H]1c1cccc(Cl)c1. The van der Waals surface area contributed by atoms with Crippen molar-refractivity contribution in [2.45, 2.75) is 38.8 Å². The van der Waals surface area contributed by atoms with Gasteiger partial charge in [-0.15, -0.1) is 0 Å². The van der Waals surface area contributed by atoms with Gasteiger partial charge in [0.05, 0.1) is 19.1 Å². The van der Waals surface area contributed by atoms with E-state index < -0.39 is 12.0 Å². The highest BCUT2D eigenvalue weighted by Crippen LogP contribution is 2.34. The van der Waals surface area contributed by atoms with E-state index in [1.165, 1.54) is 7.11 Å². The molecule has 0 fully saturated rings. The topological polar surface area (TPSA) is 87.3 Å². The first-order chi connectivity index (χ1) is 13.4. The largest absolute Gasteiger partial charge is 0.467 e. The smallest absolute Gasteiger partial charge is 0.328 e. The average Bonchev–Trinajstić information content (AvgIpc) is 3.14. The number of fused-ring (bicyclic) bond motifs is 1. The summed E-state index contributed by atoms with van der Waals surface area (Å²) in [5.74, 6) is -0.216. The van der Waals surface area contributed by atoms with Gasteiger partial charge in [0, 0.05) is 23.7 Å². The van der Waals surface area contributed by atoms with Gasteiger partial charge in [0.1, 0.15) is 12.1 Å². The van der Waals surface area contributed by atoms with Gasteiger partial charge in [0.15, 0.2) is 0 Å². The average molecular weight is 405 g/mol. The Hall–Kier alpha value is -2.54. The fourth-order valence-electron chi connectivity index (χ4n) is 3.57. The first-order valence-corrected chi connectivity index (χ1v) is 9.71. The Bertz CT molecular complexity index is 851. The van der Waals surface area contributed by atoms with Gasteiger partial charge in [-0.3, -0.25) is 0 Å². The number of urea groups is 1. The zero-order chi connectivity index (χ0) is 20.3. The third-order valence-electron chi connectivity index (χ3n) is 4.84. The quantitative estimate of drug-likeness (QED) is 0.748. The third kappa shape index (κ3) is 4.30. The molecule has 1 aliphatic rings. The summed E-state index contributed by atoms with van der Waals surface area (Å²) in [6.45, 7) is 4.48. The lowest BCUT2D eigenvalue weighted by Gasteiger charge is -2.36. The van der Waals surface area contributed by atoms with Gasteiger partial charge < -0.3 is 19.9 Å². The van der Waals surface area contributed by atoms with Crippen LogP contribution in [0.15, 0.2) is 30.6 Å². The number of nitrogens with zero attached hydrogens (tertiary/aromatic N) is 2. The number of hydrogen-bond donors (Lipinski definition) is 2. The van der Waals surface area contributed by atoms with E-state index in [1.807, 2.05) is 32.0 Å². The fraction of sp³-hybridized carbons (Fsp3) is 0.450. The van der Waals surface area contributed by atoms with Gasteiger partial charge >= 0.3 is 12.0 Å². The number of H-pyrrole nitrogens is 1. The van der Waals surface area contributed by atoms with Crippen LogP contribution in [0.1, 0.15) is 43.3 Å². The Kier molecular flexibility index (Phi) is 6.24. The molecule has 150 valence electrons. The van der Waals surface area contributed by atoms with Gasteiger partial charge in [-0.05, 0) is 30.0 Å². The number of rotatable bonds is 5. The highest BCUT2D eigenvalue weighted by atomic mass is 35.5. The molecule has 0 unspecified atom stereocenters. The van der Waals surface area contributed by atoms with Crippen LogP contribution in [0.3, 0.4) is 0 Å². The molecule has 28 heavy (non-hydrogen) atoms. The van der Waals surface area contributed by atoms with Crippen molar-refractivity contribution in [1.29, 1.82) is 0 Å². The molecule has 2 atom stereocenters. The van der Waals surface area contributed by atoms with Crippen LogP contribution in [0.5, 0.6) is 0 Å². The van der Waals surface area contributed by atoms with Gasteiger partial charge in [0.2, 0.25) is 0 Å². The predicted molar refractivity (Wildman–Crippen MR) is 106 cm³/mol. The maximum atomic E-state index is 13.1. The number of esters is 1. The Labute approximate surface area is 169 Å². The first-order valence-electron chi connectivity index (χ1n) is 9.33. The molecule has 1 aromatic heterocycles. The zero-order valence-corrected chi connectivity index (χ0v) is 17.0. The van der Waals surface area contributed by atoms with Crippen LogP contribution in [0, 0.1) is 5.92 Å². The van der Waals surface area contributed by atoms with Gasteiger partial charge in [-0.1, -0.05) is 37.6 Å². The lowest BCUT2D eigenvalue weighted by atomic mass is 9.96. The van der Waals surface area contributed by atoms with Crippen LogP contribution in [0.4, 0.5) is 4.79 Å². The number of carbonyl (C=O) groups is 2. The molecule has 8 heteroatoms. The molecule has 0 radical (unpaired) electrons. The maximum absolute atomic E-state index is 13.1. The van der Waals surface area contributed by atoms with E-state index in [0.29, 0.717) is 24.4 Å². The van der Waals surface area contributed by atoms with E-state index in [0.717, 1.165) is 17.0 Å². The Morgan fingerprint density at radius 2 is 2.21 bits per heavy atom. The van der Waals surface area contributed by atoms with Crippen molar-refractivity contribution >= 4 is 23.6 Å². The number of imidazole rings is 1. The molecule has 0 saturated heterocycles. The first kappa shape index (κ1) is 20.2. The summed E-state index contributed by atoms with van der Waals surface area (Å²) in [7, 11) is 1.33. The number of nitrogens with one attached hydrogen (secondary N) is 2. The Morgan fingerprint density at radius 3 is 2.89 bits per heavy atom. The van der Waals surface area contributed by atoms with Crippen molar-refractivity contribution in [3.8, 4) is 0 Å². The van der Waals surface area contributed by atoms with E-state index in [2.05, 4.69) is 15.3 Å². The second kappa shape index (κ2) is 8.65. The molecule has 2 amide bonds. The minimum atomic E-state index is -0.696. The number of carbonyl (C=O) groups excluding carboxylic acids is 2. The second-order valence-corrected chi connectivity index (χ2v) is 7.76. The molecule has 0 bridgehead atoms. The third-order valence-corrected chi connectivity index (χ3v) is 5.08. The standard InChI is InChI=1S/C20H25ClN4O3/c1-12(2)9-16(19(26)28-3)24-20(27)25-8-7-15-17(23-11-22-15)18(25)13-5-4-6-14(21)10-13/h4-6,10-12,16,18H,7-9H2,1-3H3,(H,22,23)(H,24,27)/t16-,18-/m0/s1. The number of hydrogen-bond acceptors (Lipinski definition) is 4. The number of aromatic nitrogens is 2. The molecule has 1 aliphatic heterocycles. The number of methoxy groups -OCH3 is 1. The molecule has 2 aromatic rings. The maximum Gasteiger partial charge on any atom is 0.328 e. The molecule has 0 saturated carbocycles. The summed E-state index contributed by atoms with van der Waals surface area (Å²) >= 11 is 6.19. The van der Waals surface area contributed by atoms with Crippen molar-refractivity contribution in [2.24, 2.45) is 5.92 Å². The van der Waals surface area contributed by atoms with E-state index in [-0.39, 0.29) is 18.0 Å². The van der Waals surface area contributed by atoms with E-state index in [9.17, 15) is 9.59 Å². The van der Waals surface area contributed by atoms with Gasteiger partial charge in [-0.25, -0.2) is 14.6 Å². The summed E-state index contributed by atoms with van der Waals surface area (Å²) in [5.41, 5.74) is 2.66. The van der Waals surface area contributed by atoms with Crippen molar-refractivity contribution in [3.63, 3.8) is 0 Å². The van der Waals surface area contributed by atoms with Crippen LogP contribution >= 0.6 is 11.6 Å². The summed E-state index contributed by atoms with van der Waals surface area (Å²) < 4.78 is 4.87. The van der Waals surface area contributed by atoms with Crippen LogP contribution in [-0.4, -0.2) is 46.6 Å². The monoisotopic (exact) mass is 404 g/mol. The molecule has 7 nitrogen and oxygen atoms in total. The molecule has 0 aliphatic carbocycles. The van der Waals surface area contributed by atoms with Crippen LogP contribution in [0.25, 0.3) is 0 Å². The lowest BCUT2D eigenvalue weighted by molar-refractivity contribution is -0.143. The lowest BCUT2D eigenvalue weighted by Crippen LogP contribution is -2.51. The molecular weight excluding hydrogens is 380 g/mol. The number of halogens is 1. The number of amides is 2. The number of ether oxygens (including phenoxy) is 1. The second-order valence-electron chi connectivity index (χ2n) is 7.32. The summed E-state index contributed by atoms with van der Waals surface area (Å²) in [6.07, 6.45) is 2.80. The van der Waals surface area contributed by atoms with E-state index >= 15 is 0 Å². The molecule has 2 heterocycles. The number of benzene rings is 1. The molecule has 0 spiro atoms. The summed E-state index contributed by atoms with van der Waals surface area (Å²) in [4.78, 5) is 34.6. The number of aromatic amines is 1. The van der Waals surface area contributed by atoms with Crippen molar-refractivity contribution in [1.82, 2.24) is 20.2 Å². The predicted octanol–water partition coefficient (Wildman–Crippen LogP) is 3.31. The minimum absolute atomic E-state index is 0.229. The van der Waals surface area contributed by atoms with Crippen LogP contribution < -0.4 is 5.32 Å². The Balaban J connectivity index is 1.90. The van der Waals surface area contributed by atoms with Gasteiger partial charge in [0.25, 0.3) is 0 Å². The zero-order valence-electron chi connectivity index (χ0n) is 16.2. The van der Waals surface area contributed by atoms with Crippen molar-refractivity contribution < 1.29 is 14.3 Å². The molecular formula is C20H25ClN4O3. The molecule has 3 rings (SSSR count). The molecule has 1 aromatic carbocycles. The van der Waals surface area contributed by atoms with Crippen molar-refractivity contribution in [2.75, 3.05) is 13.7 Å². The summed E-state index contributed by atoms with van der Waals surface area (Å²) in [6, 6.07) is 6.00. The van der Waals surface area contributed by atoms with E-state index in [1.54, 1.807) is 17.3 Å². The summed E-state index contributed by atoms with van der Waals surface area (Å²) in [5, 5.41) is 3.44. The normalized spacial score (nSPS) is 17.2. The van der Waals surface area contributed by atoms with Gasteiger partial charge in [-0.2, -0.15) is 0 Å². The fourth-order valence-corrected chi connectivity index (χ4v) is 3.77. The van der Waals surface area contributed by atoms with Crippen LogP contribution in [-0.2, 0) is 16.0 Å². The van der Waals surface area contributed by atoms with Crippen LogP contribution in [0.2, 0.25) is 5.02 Å². The highest BCUT2D eigenvalue weighted by molar-refractivity contribution is 6.30. The highest BCUT2D eigenvalue weighted by Gasteiger charge is 2.36.